The van der Waals surface area contributed by atoms with Crippen LogP contribution in [0.15, 0.2) is 35.0 Å². The van der Waals surface area contributed by atoms with Crippen LogP contribution in [-0.4, -0.2) is 74.3 Å². The second kappa shape index (κ2) is 10.2. The highest BCUT2D eigenvalue weighted by molar-refractivity contribution is 7.12. The van der Waals surface area contributed by atoms with Crippen LogP contribution in [-0.2, 0) is 0 Å². The van der Waals surface area contributed by atoms with E-state index in [2.05, 4.69) is 75.6 Å². The first-order valence-electron chi connectivity index (χ1n) is 12.5. The summed E-state index contributed by atoms with van der Waals surface area (Å²) >= 11 is 1.72. The van der Waals surface area contributed by atoms with Gasteiger partial charge in [0.25, 0.3) is 5.91 Å². The van der Waals surface area contributed by atoms with E-state index in [1.807, 2.05) is 7.05 Å². The Kier molecular flexibility index (Phi) is 6.93. The van der Waals surface area contributed by atoms with Crippen molar-refractivity contribution in [1.82, 2.24) is 30.1 Å². The molecule has 0 spiro atoms. The number of carbonyl (C=O) groups excluding carboxylic acids is 1. The van der Waals surface area contributed by atoms with Crippen molar-refractivity contribution in [2.75, 3.05) is 43.9 Å². The number of nitrogens with zero attached hydrogens (tertiary/aromatic N) is 6. The highest BCUT2D eigenvalue weighted by Gasteiger charge is 2.30. The van der Waals surface area contributed by atoms with Gasteiger partial charge in [-0.05, 0) is 54.0 Å². The molecule has 0 unspecified atom stereocenters. The maximum absolute atomic E-state index is 13.2. The second-order valence-corrected chi connectivity index (χ2v) is 12.0. The normalized spacial score (nSPS) is 15.6. The fourth-order valence-corrected chi connectivity index (χ4v) is 5.58. The molecule has 1 atom stereocenters. The van der Waals surface area contributed by atoms with E-state index >= 15 is 0 Å². The summed E-state index contributed by atoms with van der Waals surface area (Å²) in [6.07, 6.45) is 0. The van der Waals surface area contributed by atoms with Gasteiger partial charge < -0.3 is 25.5 Å². The third kappa shape index (κ3) is 5.27. The standard InChI is InChI=1S/C26H32N8O3S/c1-15-9-10-18(38-15)20(26(2,3)4)28-22-21(29-23-24(30-22)32-37-31-23)27-17-8-6-7-16(19(17)35)25(36)34-13-11-33(5)12-14-34/h6-10,20,35H,11-14H2,1-5H3,(H,27,29,31)(H,28,30,32)/t20-/m0/s1. The van der Waals surface area contributed by atoms with Gasteiger partial charge in [0.1, 0.15) is 0 Å². The number of thiophene rings is 1. The van der Waals surface area contributed by atoms with Crippen LogP contribution in [0, 0.1) is 12.3 Å². The number of para-hydroxylation sites is 1. The molecular weight excluding hydrogens is 504 g/mol. The minimum Gasteiger partial charge on any atom is -0.505 e. The smallest absolute Gasteiger partial charge is 0.257 e. The number of likely N-dealkylation sites (N-methyl/N-ethyl adjacent to an activating group) is 1. The number of aromatic nitrogens is 4. The summed E-state index contributed by atoms with van der Waals surface area (Å²) in [5.41, 5.74) is 0.882. The van der Waals surface area contributed by atoms with Crippen molar-refractivity contribution in [3.8, 4) is 5.75 Å². The van der Waals surface area contributed by atoms with Crippen molar-refractivity contribution in [3.63, 3.8) is 0 Å². The summed E-state index contributed by atoms with van der Waals surface area (Å²) in [6, 6.07) is 9.17. The van der Waals surface area contributed by atoms with Gasteiger partial charge in [-0.25, -0.2) is 14.6 Å². The Hall–Kier alpha value is -3.77. The molecule has 12 heteroatoms. The molecule has 0 bridgehead atoms. The lowest BCUT2D eigenvalue weighted by atomic mass is 9.86. The number of phenols is 1. The van der Waals surface area contributed by atoms with E-state index in [1.54, 1.807) is 34.4 Å². The molecule has 0 saturated carbocycles. The number of hydrogen-bond donors (Lipinski definition) is 3. The SMILES string of the molecule is Cc1ccc([C@H](Nc2nc3nonc3nc2Nc2cccc(C(=O)N3CCN(C)CC3)c2O)C(C)(C)C)s1. The maximum Gasteiger partial charge on any atom is 0.257 e. The number of hydrogen-bond acceptors (Lipinski definition) is 11. The van der Waals surface area contributed by atoms with Crippen molar-refractivity contribution in [1.29, 1.82) is 0 Å². The molecule has 0 aliphatic carbocycles. The highest BCUT2D eigenvalue weighted by atomic mass is 32.1. The number of fused-ring (bicyclic) bond motifs is 1. The Morgan fingerprint density at radius 3 is 2.37 bits per heavy atom. The number of rotatable bonds is 6. The Bertz CT molecular complexity index is 1450. The van der Waals surface area contributed by atoms with Gasteiger partial charge in [-0.2, -0.15) is 0 Å². The lowest BCUT2D eigenvalue weighted by molar-refractivity contribution is 0.0661. The fraction of sp³-hybridized carbons (Fsp3) is 0.423. The molecule has 3 N–H and O–H groups in total. The number of benzene rings is 1. The first-order chi connectivity index (χ1) is 18.1. The van der Waals surface area contributed by atoms with Crippen molar-refractivity contribution in [3.05, 3.63) is 45.6 Å². The summed E-state index contributed by atoms with van der Waals surface area (Å²) in [5, 5.41) is 25.5. The lowest BCUT2D eigenvalue weighted by Gasteiger charge is -2.32. The predicted molar refractivity (Wildman–Crippen MR) is 147 cm³/mol. The predicted octanol–water partition coefficient (Wildman–Crippen LogP) is 4.42. The van der Waals surface area contributed by atoms with Gasteiger partial charge in [0.15, 0.2) is 17.4 Å². The van der Waals surface area contributed by atoms with Gasteiger partial charge in [0.2, 0.25) is 11.3 Å². The number of phenolic OH excluding ortho intramolecular Hbond substituents is 1. The average Bonchev–Trinajstić information content (AvgIpc) is 3.51. The van der Waals surface area contributed by atoms with Crippen LogP contribution in [0.1, 0.15) is 46.9 Å². The Morgan fingerprint density at radius 2 is 1.74 bits per heavy atom. The van der Waals surface area contributed by atoms with Crippen molar-refractivity contribution >= 4 is 45.9 Å². The fourth-order valence-electron chi connectivity index (χ4n) is 4.41. The first-order valence-corrected chi connectivity index (χ1v) is 13.3. The van der Waals surface area contributed by atoms with E-state index < -0.39 is 0 Å². The molecule has 0 radical (unpaired) electrons. The number of piperazine rings is 1. The zero-order chi connectivity index (χ0) is 27.0. The summed E-state index contributed by atoms with van der Waals surface area (Å²) in [5.74, 6) is 0.397. The summed E-state index contributed by atoms with van der Waals surface area (Å²) in [4.78, 5) is 28.7. The number of carbonyl (C=O) groups is 1. The largest absolute Gasteiger partial charge is 0.505 e. The van der Waals surface area contributed by atoms with Gasteiger partial charge in [-0.1, -0.05) is 26.8 Å². The Labute approximate surface area is 224 Å². The molecule has 11 nitrogen and oxygen atoms in total. The van der Waals surface area contributed by atoms with Crippen LogP contribution < -0.4 is 10.6 Å². The first kappa shape index (κ1) is 25.9. The van der Waals surface area contributed by atoms with Crippen LogP contribution in [0.2, 0.25) is 0 Å². The van der Waals surface area contributed by atoms with Gasteiger partial charge in [0, 0.05) is 35.9 Å². The van der Waals surface area contributed by atoms with Crippen LogP contribution >= 0.6 is 11.3 Å². The van der Waals surface area contributed by atoms with E-state index in [9.17, 15) is 9.90 Å². The van der Waals surface area contributed by atoms with Crippen LogP contribution in [0.3, 0.4) is 0 Å². The van der Waals surface area contributed by atoms with Gasteiger partial charge in [-0.3, -0.25) is 4.79 Å². The molecule has 3 aromatic heterocycles. The Balaban J connectivity index is 1.49. The number of nitrogens with one attached hydrogen (secondary N) is 2. The lowest BCUT2D eigenvalue weighted by Crippen LogP contribution is -2.47. The molecule has 5 rings (SSSR count). The molecule has 1 fully saturated rings. The molecule has 1 saturated heterocycles. The van der Waals surface area contributed by atoms with E-state index in [0.717, 1.165) is 18.0 Å². The number of aryl methyl sites for hydroxylation is 1. The minimum absolute atomic E-state index is 0.0906. The van der Waals surface area contributed by atoms with Crippen molar-refractivity contribution in [2.24, 2.45) is 5.41 Å². The van der Waals surface area contributed by atoms with Crippen molar-refractivity contribution in [2.45, 2.75) is 33.7 Å². The molecule has 1 aliphatic heterocycles. The molecular formula is C26H32N8O3S. The van der Waals surface area contributed by atoms with Crippen LogP contribution in [0.4, 0.5) is 17.3 Å². The average molecular weight is 537 g/mol. The number of amides is 1. The second-order valence-electron chi connectivity index (χ2n) is 10.6. The van der Waals surface area contributed by atoms with Gasteiger partial charge >= 0.3 is 0 Å². The molecule has 1 amide bonds. The molecule has 4 aromatic rings. The molecule has 1 aliphatic rings. The highest BCUT2D eigenvalue weighted by Crippen LogP contribution is 2.41. The number of anilines is 3. The molecule has 38 heavy (non-hydrogen) atoms. The van der Waals surface area contributed by atoms with Crippen molar-refractivity contribution < 1.29 is 14.5 Å². The maximum atomic E-state index is 13.2. The van der Waals surface area contributed by atoms with E-state index in [1.165, 1.54) is 4.88 Å². The topological polar surface area (TPSA) is 133 Å². The molecule has 200 valence electrons. The minimum atomic E-state index is -0.208. The summed E-state index contributed by atoms with van der Waals surface area (Å²) in [6.45, 7) is 11.3. The summed E-state index contributed by atoms with van der Waals surface area (Å²) < 4.78 is 4.85. The van der Waals surface area contributed by atoms with Crippen LogP contribution in [0.5, 0.6) is 5.75 Å². The van der Waals surface area contributed by atoms with E-state index in [-0.39, 0.29) is 40.0 Å². The third-order valence-electron chi connectivity index (χ3n) is 6.62. The zero-order valence-electron chi connectivity index (χ0n) is 22.1. The molecule has 1 aromatic carbocycles. The van der Waals surface area contributed by atoms with E-state index in [0.29, 0.717) is 30.4 Å². The van der Waals surface area contributed by atoms with Gasteiger partial charge in [-0.15, -0.1) is 11.3 Å². The zero-order valence-corrected chi connectivity index (χ0v) is 23.0. The molecule has 4 heterocycles. The monoisotopic (exact) mass is 536 g/mol. The van der Waals surface area contributed by atoms with Gasteiger partial charge in [0.05, 0.1) is 17.3 Å². The summed E-state index contributed by atoms with van der Waals surface area (Å²) in [7, 11) is 2.03. The van der Waals surface area contributed by atoms with E-state index in [4.69, 9.17) is 4.63 Å². The third-order valence-corrected chi connectivity index (χ3v) is 7.68. The van der Waals surface area contributed by atoms with Crippen LogP contribution in [0.25, 0.3) is 11.3 Å². The quantitative estimate of drug-likeness (QED) is 0.304. The number of aromatic hydroxyl groups is 1. The Morgan fingerprint density at radius 1 is 1.05 bits per heavy atom.